The fourth-order valence-corrected chi connectivity index (χ4v) is 11.3. The Labute approximate surface area is 208 Å². The van der Waals surface area contributed by atoms with E-state index in [2.05, 4.69) is 41.2 Å². The Morgan fingerprint density at radius 3 is 2.21 bits per heavy atom. The summed E-state index contributed by atoms with van der Waals surface area (Å²) in [7, 11) is 0. The number of aliphatic carboxylic acids is 1. The van der Waals surface area contributed by atoms with Gasteiger partial charge in [-0.1, -0.05) is 39.8 Å². The van der Waals surface area contributed by atoms with E-state index in [1.807, 2.05) is 6.92 Å². The van der Waals surface area contributed by atoms with Gasteiger partial charge in [-0.2, -0.15) is 0 Å². The van der Waals surface area contributed by atoms with Gasteiger partial charge in [0.2, 0.25) is 0 Å². The minimum absolute atomic E-state index is 0.144. The van der Waals surface area contributed by atoms with E-state index in [-0.39, 0.29) is 11.3 Å². The zero-order valence-corrected chi connectivity index (χ0v) is 22.8. The molecule has 2 spiro atoms. The molecule has 0 unspecified atom stereocenters. The lowest BCUT2D eigenvalue weighted by molar-refractivity contribution is -0.189. The zero-order valence-electron chi connectivity index (χ0n) is 22.8. The topological polar surface area (TPSA) is 57.5 Å². The van der Waals surface area contributed by atoms with Crippen LogP contribution in [0.5, 0.6) is 0 Å². The average Bonchev–Trinajstić information content (AvgIpc) is 3.36. The smallest absolute Gasteiger partial charge is 0.312 e. The van der Waals surface area contributed by atoms with E-state index < -0.39 is 17.5 Å². The lowest BCUT2D eigenvalue weighted by Gasteiger charge is -2.63. The van der Waals surface area contributed by atoms with Gasteiger partial charge in [0, 0.05) is 0 Å². The third-order valence-electron chi connectivity index (χ3n) is 13.9. The van der Waals surface area contributed by atoms with Crippen molar-refractivity contribution in [2.75, 3.05) is 0 Å². The van der Waals surface area contributed by atoms with Gasteiger partial charge in [0.1, 0.15) is 0 Å². The van der Waals surface area contributed by atoms with Crippen LogP contribution in [-0.4, -0.2) is 22.3 Å². The number of hydrogen-bond acceptors (Lipinski definition) is 2. The number of rotatable bonds is 6. The Balaban J connectivity index is 1.41. The molecule has 5 rings (SSSR count). The molecule has 5 aliphatic rings. The van der Waals surface area contributed by atoms with Gasteiger partial charge in [-0.3, -0.25) is 4.79 Å². The molecule has 3 nitrogen and oxygen atoms in total. The van der Waals surface area contributed by atoms with Crippen LogP contribution in [0.25, 0.3) is 0 Å². The molecule has 3 heteroatoms. The first-order valence-electron chi connectivity index (χ1n) is 14.4. The minimum atomic E-state index is -0.971. The number of carbonyl (C=O) groups is 1. The molecule has 5 aliphatic carbocycles. The maximum absolute atomic E-state index is 12.5. The predicted octanol–water partition coefficient (Wildman–Crippen LogP) is 7.48. The van der Waals surface area contributed by atoms with Crippen molar-refractivity contribution in [3.05, 3.63) is 12.2 Å². The molecule has 0 radical (unpaired) electrons. The van der Waals surface area contributed by atoms with Crippen molar-refractivity contribution in [2.24, 2.45) is 56.7 Å². The summed E-state index contributed by atoms with van der Waals surface area (Å²) < 4.78 is 0. The quantitative estimate of drug-likeness (QED) is 0.396. The first kappa shape index (κ1) is 24.8. The van der Waals surface area contributed by atoms with Gasteiger partial charge >= 0.3 is 5.97 Å². The first-order valence-corrected chi connectivity index (χ1v) is 14.4. The van der Waals surface area contributed by atoms with Gasteiger partial charge in [-0.05, 0) is 136 Å². The molecule has 5 fully saturated rings. The average molecular weight is 471 g/mol. The monoisotopic (exact) mass is 470 g/mol. The molecule has 5 saturated carbocycles. The summed E-state index contributed by atoms with van der Waals surface area (Å²) in [5.74, 6) is 2.28. The summed E-state index contributed by atoms with van der Waals surface area (Å²) in [6.07, 6.45) is 12.3. The van der Waals surface area contributed by atoms with E-state index in [0.29, 0.717) is 28.6 Å². The Morgan fingerprint density at radius 1 is 0.912 bits per heavy atom. The molecule has 192 valence electrons. The highest BCUT2D eigenvalue weighted by Crippen LogP contribution is 2.89. The summed E-state index contributed by atoms with van der Waals surface area (Å²) >= 11 is 0. The van der Waals surface area contributed by atoms with E-state index in [1.54, 1.807) is 0 Å². The number of aliphatic hydroxyl groups is 1. The van der Waals surface area contributed by atoms with Crippen LogP contribution in [0.15, 0.2) is 12.2 Å². The molecule has 0 amide bonds. The van der Waals surface area contributed by atoms with Gasteiger partial charge in [0.05, 0.1) is 11.5 Å². The second kappa shape index (κ2) is 7.59. The van der Waals surface area contributed by atoms with Crippen LogP contribution >= 0.6 is 0 Å². The Kier molecular flexibility index (Phi) is 5.55. The van der Waals surface area contributed by atoms with Gasteiger partial charge in [0.15, 0.2) is 0 Å². The van der Waals surface area contributed by atoms with Crippen molar-refractivity contribution in [3.8, 4) is 0 Å². The first-order chi connectivity index (χ1) is 15.8. The van der Waals surface area contributed by atoms with Crippen molar-refractivity contribution in [1.29, 1.82) is 0 Å². The summed E-state index contributed by atoms with van der Waals surface area (Å²) in [5.41, 5.74) is 1.63. The SMILES string of the molecule is C=C(C)[C@@H](C)CC[C@@H](C)[C@H]1CC[C@@]2(C)[C@@H]3CC[C@H]4[C@@](C)(C(=O)O)[C@@H](O)CC[C@@]45C[C@@]35CC[C@]12C. The molecule has 0 saturated heterocycles. The van der Waals surface area contributed by atoms with Crippen LogP contribution < -0.4 is 0 Å². The molecule has 34 heavy (non-hydrogen) atoms. The number of fused-ring (bicyclic) bond motifs is 2. The number of allylic oxidation sites excluding steroid dienone is 1. The standard InChI is InChI=1S/C31H50O3/c1-19(2)20(3)8-9-21(4)22-12-14-28(6)23-10-11-24-29(7,26(33)34)25(32)13-15-30(24)18-31(23,30)17-16-27(22,28)5/h20-25,32H,1,8-18H2,2-7H3,(H,33,34)/t20-,21+,22+,23-,24-,25-,27+,28-,29+,30+,31-/m0/s1. The summed E-state index contributed by atoms with van der Waals surface area (Å²) in [6, 6.07) is 0. The van der Waals surface area contributed by atoms with Crippen LogP contribution in [0, 0.1) is 56.7 Å². The Hall–Kier alpha value is -0.830. The lowest BCUT2D eigenvalue weighted by atomic mass is 9.41. The Morgan fingerprint density at radius 2 is 1.56 bits per heavy atom. The number of carboxylic acid groups (broad SMARTS) is 1. The fourth-order valence-electron chi connectivity index (χ4n) is 11.3. The molecule has 0 aromatic carbocycles. The van der Waals surface area contributed by atoms with E-state index >= 15 is 0 Å². The normalized spacial score (nSPS) is 53.0. The number of aliphatic hydroxyl groups excluding tert-OH is 1. The van der Waals surface area contributed by atoms with E-state index in [4.69, 9.17) is 0 Å². The molecule has 0 bridgehead atoms. The van der Waals surface area contributed by atoms with Gasteiger partial charge in [-0.15, -0.1) is 0 Å². The van der Waals surface area contributed by atoms with Crippen molar-refractivity contribution in [3.63, 3.8) is 0 Å². The second-order valence-electron chi connectivity index (χ2n) is 14.6. The van der Waals surface area contributed by atoms with Crippen LogP contribution in [0.2, 0.25) is 0 Å². The molecule has 0 aliphatic heterocycles. The number of hydrogen-bond donors (Lipinski definition) is 2. The maximum Gasteiger partial charge on any atom is 0.312 e. The molecular weight excluding hydrogens is 420 g/mol. The van der Waals surface area contributed by atoms with Crippen LogP contribution in [0.1, 0.15) is 112 Å². The molecule has 2 N–H and O–H groups in total. The van der Waals surface area contributed by atoms with Crippen LogP contribution in [-0.2, 0) is 4.79 Å². The highest BCUT2D eigenvalue weighted by Gasteiger charge is 2.83. The van der Waals surface area contributed by atoms with Crippen LogP contribution in [0.4, 0.5) is 0 Å². The summed E-state index contributed by atoms with van der Waals surface area (Å²) in [4.78, 5) is 12.5. The van der Waals surface area contributed by atoms with E-state index in [9.17, 15) is 15.0 Å². The third kappa shape index (κ3) is 2.83. The van der Waals surface area contributed by atoms with Crippen LogP contribution in [0.3, 0.4) is 0 Å². The predicted molar refractivity (Wildman–Crippen MR) is 137 cm³/mol. The van der Waals surface area contributed by atoms with Crippen molar-refractivity contribution >= 4 is 5.97 Å². The minimum Gasteiger partial charge on any atom is -0.481 e. The summed E-state index contributed by atoms with van der Waals surface area (Å²) in [6.45, 7) is 18.4. The Bertz CT molecular complexity index is 880. The zero-order chi connectivity index (χ0) is 24.9. The van der Waals surface area contributed by atoms with Gasteiger partial charge in [0.25, 0.3) is 0 Å². The highest BCUT2D eigenvalue weighted by molar-refractivity contribution is 5.76. The molecule has 0 aromatic rings. The van der Waals surface area contributed by atoms with Crippen molar-refractivity contribution in [1.82, 2.24) is 0 Å². The van der Waals surface area contributed by atoms with Gasteiger partial charge < -0.3 is 10.2 Å². The van der Waals surface area contributed by atoms with Crippen molar-refractivity contribution in [2.45, 2.75) is 118 Å². The largest absolute Gasteiger partial charge is 0.481 e. The molecule has 11 atom stereocenters. The van der Waals surface area contributed by atoms with E-state index in [1.165, 1.54) is 56.9 Å². The number of carboxylic acids is 1. The van der Waals surface area contributed by atoms with Crippen molar-refractivity contribution < 1.29 is 15.0 Å². The second-order valence-corrected chi connectivity index (χ2v) is 14.6. The third-order valence-corrected chi connectivity index (χ3v) is 13.9. The van der Waals surface area contributed by atoms with Gasteiger partial charge in [-0.25, -0.2) is 0 Å². The maximum atomic E-state index is 12.5. The van der Waals surface area contributed by atoms with E-state index in [0.717, 1.165) is 30.6 Å². The fraction of sp³-hybridized carbons (Fsp3) is 0.903. The molecule has 0 aromatic heterocycles. The summed E-state index contributed by atoms with van der Waals surface area (Å²) in [5, 5.41) is 21.1. The molecule has 0 heterocycles. The highest BCUT2D eigenvalue weighted by atomic mass is 16.4. The molecular formula is C31H50O3. The lowest BCUT2D eigenvalue weighted by Crippen LogP contribution is -2.59.